The number of carbonyl (C=O) groups is 1. The van der Waals surface area contributed by atoms with E-state index < -0.39 is 11.8 Å². The summed E-state index contributed by atoms with van der Waals surface area (Å²) in [5.74, 6) is -0.850. The molecule has 0 saturated carbocycles. The van der Waals surface area contributed by atoms with Crippen molar-refractivity contribution in [2.45, 2.75) is 6.92 Å². The van der Waals surface area contributed by atoms with Crippen molar-refractivity contribution in [2.24, 2.45) is 0 Å². The summed E-state index contributed by atoms with van der Waals surface area (Å²) in [6, 6.07) is 5.27. The van der Waals surface area contributed by atoms with E-state index in [9.17, 15) is 9.18 Å². The lowest BCUT2D eigenvalue weighted by atomic mass is 10.2. The van der Waals surface area contributed by atoms with E-state index in [0.29, 0.717) is 16.4 Å². The van der Waals surface area contributed by atoms with Crippen molar-refractivity contribution in [3.8, 4) is 0 Å². The van der Waals surface area contributed by atoms with Crippen molar-refractivity contribution in [2.75, 3.05) is 17.7 Å². The monoisotopic (exact) mass is 309 g/mol. The molecular weight excluding hydrogens is 297 g/mol. The van der Waals surface area contributed by atoms with E-state index in [1.165, 1.54) is 30.5 Å². The van der Waals surface area contributed by atoms with Gasteiger partial charge in [0.1, 0.15) is 17.2 Å². The number of nitrogens with one attached hydrogen (secondary N) is 1. The first kappa shape index (κ1) is 15.1. The topological polar surface area (TPSA) is 77.2 Å². The lowest BCUT2D eigenvalue weighted by molar-refractivity contribution is 0.0527. The number of aromatic nitrogens is 1. The number of hydrogen-bond donors (Lipinski definition) is 2. The van der Waals surface area contributed by atoms with Gasteiger partial charge >= 0.3 is 5.97 Å². The molecule has 0 aliphatic rings. The number of pyridine rings is 1. The average molecular weight is 310 g/mol. The van der Waals surface area contributed by atoms with Crippen LogP contribution in [0, 0.1) is 5.82 Å². The fourth-order valence-corrected chi connectivity index (χ4v) is 1.83. The van der Waals surface area contributed by atoms with Crippen molar-refractivity contribution < 1.29 is 13.9 Å². The molecule has 0 fully saturated rings. The van der Waals surface area contributed by atoms with Gasteiger partial charge in [-0.2, -0.15) is 0 Å². The maximum atomic E-state index is 13.3. The molecular formula is C14H13ClFN3O2. The third-order valence-corrected chi connectivity index (χ3v) is 2.92. The minimum absolute atomic E-state index is 0.150. The summed E-state index contributed by atoms with van der Waals surface area (Å²) in [5, 5.41) is 3.10. The number of anilines is 3. The molecule has 0 radical (unpaired) electrons. The molecule has 0 spiro atoms. The zero-order valence-corrected chi connectivity index (χ0v) is 11.9. The van der Waals surface area contributed by atoms with E-state index in [2.05, 4.69) is 10.3 Å². The van der Waals surface area contributed by atoms with Crippen molar-refractivity contribution in [3.05, 3.63) is 46.9 Å². The molecule has 0 atom stereocenters. The van der Waals surface area contributed by atoms with Gasteiger partial charge in [0.2, 0.25) is 0 Å². The van der Waals surface area contributed by atoms with Gasteiger partial charge < -0.3 is 15.8 Å². The highest BCUT2D eigenvalue weighted by atomic mass is 35.5. The summed E-state index contributed by atoms with van der Waals surface area (Å²) in [7, 11) is 0. The predicted octanol–water partition coefficient (Wildman–Crippen LogP) is 3.38. The van der Waals surface area contributed by atoms with E-state index in [1.807, 2.05) is 0 Å². The van der Waals surface area contributed by atoms with Crippen LogP contribution in [0.1, 0.15) is 17.3 Å². The number of nitrogen functional groups attached to an aromatic ring is 1. The van der Waals surface area contributed by atoms with Gasteiger partial charge in [0.15, 0.2) is 0 Å². The van der Waals surface area contributed by atoms with Crippen LogP contribution in [-0.2, 0) is 4.74 Å². The molecule has 110 valence electrons. The Bertz CT molecular complexity index is 679. The Hall–Kier alpha value is -2.34. The maximum Gasteiger partial charge on any atom is 0.341 e. The zero-order valence-electron chi connectivity index (χ0n) is 11.2. The van der Waals surface area contributed by atoms with Crippen LogP contribution in [0.2, 0.25) is 5.02 Å². The fourth-order valence-electron chi connectivity index (χ4n) is 1.67. The highest BCUT2D eigenvalue weighted by Crippen LogP contribution is 2.27. The molecule has 21 heavy (non-hydrogen) atoms. The first-order chi connectivity index (χ1) is 10.0. The molecule has 3 N–H and O–H groups in total. The molecule has 2 rings (SSSR count). The summed E-state index contributed by atoms with van der Waals surface area (Å²) >= 11 is 5.97. The molecule has 2 aromatic rings. The van der Waals surface area contributed by atoms with Gasteiger partial charge in [0.05, 0.1) is 29.2 Å². The third-order valence-electron chi connectivity index (χ3n) is 2.59. The van der Waals surface area contributed by atoms with Gasteiger partial charge in [-0.15, -0.1) is 0 Å². The van der Waals surface area contributed by atoms with Crippen LogP contribution in [0.15, 0.2) is 30.5 Å². The van der Waals surface area contributed by atoms with Crippen molar-refractivity contribution >= 4 is 34.8 Å². The van der Waals surface area contributed by atoms with Gasteiger partial charge in [0.25, 0.3) is 0 Å². The number of ether oxygens (including phenoxy) is 1. The van der Waals surface area contributed by atoms with Crippen molar-refractivity contribution in [1.29, 1.82) is 0 Å². The molecule has 0 aliphatic heterocycles. The molecule has 1 aromatic carbocycles. The molecule has 0 amide bonds. The van der Waals surface area contributed by atoms with E-state index >= 15 is 0 Å². The van der Waals surface area contributed by atoms with E-state index in [1.54, 1.807) is 6.92 Å². The SMILES string of the molecule is CCOC(=O)c1cc(N)cnc1Nc1cc(F)ccc1Cl. The molecule has 0 saturated heterocycles. The number of hydrogen-bond acceptors (Lipinski definition) is 5. The van der Waals surface area contributed by atoms with Crippen LogP contribution in [0.4, 0.5) is 21.6 Å². The number of benzene rings is 1. The number of rotatable bonds is 4. The van der Waals surface area contributed by atoms with Gasteiger partial charge in [-0.1, -0.05) is 11.6 Å². The standard InChI is InChI=1S/C14H13ClFN3O2/c1-2-21-14(20)10-6-9(17)7-18-13(10)19-12-5-8(16)3-4-11(12)15/h3-7H,2,17H2,1H3,(H,18,19). The fraction of sp³-hybridized carbons (Fsp3) is 0.143. The van der Waals surface area contributed by atoms with Crippen LogP contribution in [-0.4, -0.2) is 17.6 Å². The second-order valence-electron chi connectivity index (χ2n) is 4.13. The molecule has 5 nitrogen and oxygen atoms in total. The van der Waals surface area contributed by atoms with Crippen LogP contribution >= 0.6 is 11.6 Å². The van der Waals surface area contributed by atoms with Crippen LogP contribution in [0.25, 0.3) is 0 Å². The Labute approximate surface area is 125 Å². The Kier molecular flexibility index (Phi) is 4.59. The first-order valence-corrected chi connectivity index (χ1v) is 6.53. The molecule has 0 aliphatic carbocycles. The summed E-state index contributed by atoms with van der Waals surface area (Å²) in [6.07, 6.45) is 1.37. The summed E-state index contributed by atoms with van der Waals surface area (Å²) in [6.45, 7) is 1.90. The molecule has 0 bridgehead atoms. The number of nitrogens with two attached hydrogens (primary N) is 1. The van der Waals surface area contributed by atoms with E-state index in [-0.39, 0.29) is 18.0 Å². The largest absolute Gasteiger partial charge is 0.462 e. The van der Waals surface area contributed by atoms with E-state index in [0.717, 1.165) is 0 Å². The minimum atomic E-state index is -0.577. The second kappa shape index (κ2) is 6.41. The number of esters is 1. The van der Waals surface area contributed by atoms with Gasteiger partial charge in [-0.3, -0.25) is 0 Å². The Morgan fingerprint density at radius 1 is 1.48 bits per heavy atom. The summed E-state index contributed by atoms with van der Waals surface area (Å²) in [5.41, 5.74) is 6.38. The van der Waals surface area contributed by atoms with Gasteiger partial charge in [-0.05, 0) is 31.2 Å². The Morgan fingerprint density at radius 3 is 2.95 bits per heavy atom. The Balaban J connectivity index is 2.39. The highest BCUT2D eigenvalue weighted by molar-refractivity contribution is 6.33. The minimum Gasteiger partial charge on any atom is -0.462 e. The number of carbonyl (C=O) groups excluding carboxylic acids is 1. The van der Waals surface area contributed by atoms with Gasteiger partial charge in [-0.25, -0.2) is 14.2 Å². The van der Waals surface area contributed by atoms with Crippen LogP contribution < -0.4 is 11.1 Å². The Morgan fingerprint density at radius 2 is 2.24 bits per heavy atom. The van der Waals surface area contributed by atoms with Crippen molar-refractivity contribution in [3.63, 3.8) is 0 Å². The second-order valence-corrected chi connectivity index (χ2v) is 4.54. The molecule has 0 unspecified atom stereocenters. The maximum absolute atomic E-state index is 13.3. The first-order valence-electron chi connectivity index (χ1n) is 6.16. The third kappa shape index (κ3) is 3.61. The lowest BCUT2D eigenvalue weighted by Crippen LogP contribution is -2.10. The summed E-state index contributed by atoms with van der Waals surface area (Å²) in [4.78, 5) is 15.9. The smallest absolute Gasteiger partial charge is 0.341 e. The lowest BCUT2D eigenvalue weighted by Gasteiger charge is -2.12. The van der Waals surface area contributed by atoms with E-state index in [4.69, 9.17) is 22.1 Å². The quantitative estimate of drug-likeness (QED) is 0.847. The molecule has 7 heteroatoms. The summed E-state index contributed by atoms with van der Waals surface area (Å²) < 4.78 is 18.2. The number of nitrogens with zero attached hydrogens (tertiary/aromatic N) is 1. The van der Waals surface area contributed by atoms with Crippen molar-refractivity contribution in [1.82, 2.24) is 4.98 Å². The van der Waals surface area contributed by atoms with Crippen LogP contribution in [0.5, 0.6) is 0 Å². The average Bonchev–Trinajstić information content (AvgIpc) is 2.45. The van der Waals surface area contributed by atoms with Gasteiger partial charge in [0, 0.05) is 0 Å². The zero-order chi connectivity index (χ0) is 15.4. The number of halogens is 2. The highest BCUT2D eigenvalue weighted by Gasteiger charge is 2.16. The molecule has 1 heterocycles. The normalized spacial score (nSPS) is 10.2. The predicted molar refractivity (Wildman–Crippen MR) is 79.3 cm³/mol. The molecule has 1 aromatic heterocycles. The van der Waals surface area contributed by atoms with Crippen LogP contribution in [0.3, 0.4) is 0 Å².